The van der Waals surface area contributed by atoms with E-state index in [1.54, 1.807) is 25.2 Å². The topological polar surface area (TPSA) is 102 Å². The van der Waals surface area contributed by atoms with Crippen molar-refractivity contribution >= 4 is 17.8 Å². The number of amides is 1. The van der Waals surface area contributed by atoms with Gasteiger partial charge in [0.2, 0.25) is 5.91 Å². The molecule has 0 saturated heterocycles. The number of carboxylic acids is 1. The predicted octanol–water partition coefficient (Wildman–Crippen LogP) is 4.69. The van der Waals surface area contributed by atoms with Gasteiger partial charge in [0.1, 0.15) is 0 Å². The number of carbonyl (C=O) groups is 3. The molecule has 4 unspecified atom stereocenters. The normalized spacial score (nSPS) is 22.0. The quantitative estimate of drug-likeness (QED) is 0.297. The molecule has 0 heterocycles. The van der Waals surface area contributed by atoms with Gasteiger partial charge < -0.3 is 15.2 Å². The van der Waals surface area contributed by atoms with Crippen LogP contribution in [0.4, 0.5) is 13.2 Å². The smallest absolute Gasteiger partial charge is 0.481 e. The summed E-state index contributed by atoms with van der Waals surface area (Å²) < 4.78 is 46.4. The van der Waals surface area contributed by atoms with Crippen LogP contribution >= 0.6 is 0 Å². The number of carboxylic acid groups (broad SMARTS) is 1. The molecule has 0 aliphatic heterocycles. The van der Waals surface area contributed by atoms with E-state index < -0.39 is 30.3 Å². The highest BCUT2D eigenvalue weighted by molar-refractivity contribution is 5.94. The van der Waals surface area contributed by atoms with E-state index in [9.17, 15) is 32.7 Å². The van der Waals surface area contributed by atoms with Crippen molar-refractivity contribution in [2.45, 2.75) is 71.3 Å². The number of nitrogens with one attached hydrogen (secondary N) is 1. The van der Waals surface area contributed by atoms with Gasteiger partial charge in [0.15, 0.2) is 0 Å². The highest BCUT2D eigenvalue weighted by Gasteiger charge is 2.39. The lowest BCUT2D eigenvalue weighted by Gasteiger charge is -2.34. The van der Waals surface area contributed by atoms with Gasteiger partial charge in [-0.3, -0.25) is 19.1 Å². The number of halogens is 3. The molecule has 0 aromatic carbocycles. The highest BCUT2D eigenvalue weighted by Crippen LogP contribution is 2.40. The van der Waals surface area contributed by atoms with Crippen molar-refractivity contribution in [3.63, 3.8) is 0 Å². The summed E-state index contributed by atoms with van der Waals surface area (Å²) in [4.78, 5) is 36.1. The lowest BCUT2D eigenvalue weighted by Crippen LogP contribution is -2.35. The fraction of sp³-hybridized carbons (Fsp3) is 0.640. The third-order valence-corrected chi connectivity index (χ3v) is 6.29. The van der Waals surface area contributed by atoms with Crippen molar-refractivity contribution in [2.75, 3.05) is 13.2 Å². The van der Waals surface area contributed by atoms with Crippen LogP contribution in [0.5, 0.6) is 0 Å². The van der Waals surface area contributed by atoms with E-state index in [4.69, 9.17) is 4.74 Å². The Balaban J connectivity index is 2.09. The summed E-state index contributed by atoms with van der Waals surface area (Å²) in [6.07, 6.45) is 3.27. The lowest BCUT2D eigenvalue weighted by molar-refractivity contribution is -0.337. The second-order valence-electron chi connectivity index (χ2n) is 8.73. The molecule has 2 N–H and O–H groups in total. The Labute approximate surface area is 203 Å². The van der Waals surface area contributed by atoms with Gasteiger partial charge in [-0.05, 0) is 50.9 Å². The second kappa shape index (κ2) is 13.5. The predicted molar refractivity (Wildman–Crippen MR) is 122 cm³/mol. The minimum absolute atomic E-state index is 0.0799. The first kappa shape index (κ1) is 28.6. The molecule has 4 atom stereocenters. The molecule has 0 aromatic rings. The zero-order valence-corrected chi connectivity index (χ0v) is 20.1. The third kappa shape index (κ3) is 9.16. The van der Waals surface area contributed by atoms with Gasteiger partial charge >= 0.3 is 18.3 Å². The molecule has 0 spiro atoms. The molecule has 0 aromatic heterocycles. The zero-order valence-electron chi connectivity index (χ0n) is 20.1. The summed E-state index contributed by atoms with van der Waals surface area (Å²) in [7, 11) is 0. The number of allylic oxidation sites excluding steroid dienone is 4. The first-order valence-electron chi connectivity index (χ1n) is 12.0. The number of ether oxygens (including phenoxy) is 2. The average molecular weight is 502 g/mol. The molecule has 7 nitrogen and oxygen atoms in total. The van der Waals surface area contributed by atoms with Crippen LogP contribution in [0.2, 0.25) is 0 Å². The maximum absolute atomic E-state index is 12.5. The Hall–Kier alpha value is -2.62. The molecule has 10 heteroatoms. The fourth-order valence-corrected chi connectivity index (χ4v) is 4.72. The van der Waals surface area contributed by atoms with Crippen molar-refractivity contribution in [2.24, 2.45) is 17.8 Å². The lowest BCUT2D eigenvalue weighted by atomic mass is 9.70. The number of hydrogen-bond donors (Lipinski definition) is 2. The van der Waals surface area contributed by atoms with E-state index in [0.717, 1.165) is 12.0 Å². The molecule has 2 aliphatic carbocycles. The van der Waals surface area contributed by atoms with Crippen LogP contribution in [-0.2, 0) is 23.9 Å². The van der Waals surface area contributed by atoms with Crippen molar-refractivity contribution in [3.05, 3.63) is 35.5 Å². The van der Waals surface area contributed by atoms with Gasteiger partial charge in [0.05, 0.1) is 25.0 Å². The van der Waals surface area contributed by atoms with Crippen LogP contribution in [0.1, 0.15) is 58.8 Å². The number of esters is 1. The minimum atomic E-state index is -4.74. The number of hydrogen-bond acceptors (Lipinski definition) is 5. The Bertz CT molecular complexity index is 849. The van der Waals surface area contributed by atoms with Gasteiger partial charge in [0.25, 0.3) is 0 Å². The van der Waals surface area contributed by atoms with Gasteiger partial charge in [-0.25, -0.2) is 0 Å². The van der Waals surface area contributed by atoms with Crippen LogP contribution in [0.15, 0.2) is 35.5 Å². The Morgan fingerprint density at radius 2 is 1.89 bits per heavy atom. The highest BCUT2D eigenvalue weighted by atomic mass is 19.4. The fourth-order valence-electron chi connectivity index (χ4n) is 4.72. The summed E-state index contributed by atoms with van der Waals surface area (Å²) in [5, 5.41) is 12.7. The summed E-state index contributed by atoms with van der Waals surface area (Å²) in [6, 6.07) is 0. The molecule has 0 fully saturated rings. The maximum atomic E-state index is 12.5. The van der Waals surface area contributed by atoms with Crippen molar-refractivity contribution in [3.8, 4) is 0 Å². The van der Waals surface area contributed by atoms with E-state index in [1.807, 2.05) is 6.92 Å². The van der Waals surface area contributed by atoms with Crippen molar-refractivity contribution < 1.29 is 42.1 Å². The monoisotopic (exact) mass is 501 g/mol. The first-order chi connectivity index (χ1) is 16.6. The molecular formula is C25H34F3NO6. The molecule has 0 radical (unpaired) electrons. The second-order valence-corrected chi connectivity index (χ2v) is 8.73. The third-order valence-electron chi connectivity index (χ3n) is 6.29. The van der Waals surface area contributed by atoms with E-state index in [2.05, 4.69) is 10.1 Å². The summed E-state index contributed by atoms with van der Waals surface area (Å²) in [6.45, 7) is 4.10. The minimum Gasteiger partial charge on any atom is -0.481 e. The van der Waals surface area contributed by atoms with Crippen molar-refractivity contribution in [1.29, 1.82) is 0 Å². The summed E-state index contributed by atoms with van der Waals surface area (Å²) >= 11 is 0. The van der Waals surface area contributed by atoms with E-state index >= 15 is 0 Å². The van der Waals surface area contributed by atoms with E-state index in [0.29, 0.717) is 24.8 Å². The number of carbonyl (C=O) groups excluding carboxylic acids is 2. The molecule has 1 amide bonds. The van der Waals surface area contributed by atoms with Crippen molar-refractivity contribution in [1.82, 2.24) is 5.32 Å². The van der Waals surface area contributed by atoms with Crippen LogP contribution in [0.25, 0.3) is 0 Å². The molecule has 2 rings (SSSR count). The van der Waals surface area contributed by atoms with Gasteiger partial charge in [0, 0.05) is 12.1 Å². The summed E-state index contributed by atoms with van der Waals surface area (Å²) in [5.41, 5.74) is 1.47. The van der Waals surface area contributed by atoms with E-state index in [1.165, 1.54) is 6.08 Å². The SMILES string of the molecule is CCCC(C1=CC=C(C(=O)NCCC(=O)OCC)CC1)C(C(=O)O)C1C=CC(OC(F)(F)F)CC1. The number of rotatable bonds is 12. The summed E-state index contributed by atoms with van der Waals surface area (Å²) in [5.74, 6) is -3.13. The molecule has 0 saturated carbocycles. The number of alkyl halides is 3. The van der Waals surface area contributed by atoms with Gasteiger partial charge in [-0.15, -0.1) is 13.2 Å². The Morgan fingerprint density at radius 3 is 2.40 bits per heavy atom. The molecule has 196 valence electrons. The maximum Gasteiger partial charge on any atom is 0.523 e. The van der Waals surface area contributed by atoms with Crippen LogP contribution in [-0.4, -0.2) is 48.6 Å². The standard InChI is InChI=1S/C25H34F3NO6/c1-3-5-20(22(24(32)33)17-10-12-19(13-11-17)35-25(26,27)28)16-6-8-18(9-7-16)23(31)29-15-14-21(30)34-4-2/h6,8,10,12,17,19-20,22H,3-5,7,9,11,13-15H2,1-2H3,(H,29,31)(H,32,33). The average Bonchev–Trinajstić information content (AvgIpc) is 2.79. The van der Waals surface area contributed by atoms with Crippen LogP contribution in [0, 0.1) is 17.8 Å². The zero-order chi connectivity index (χ0) is 26.0. The van der Waals surface area contributed by atoms with Crippen LogP contribution < -0.4 is 5.32 Å². The van der Waals surface area contributed by atoms with E-state index in [-0.39, 0.29) is 50.2 Å². The van der Waals surface area contributed by atoms with Gasteiger partial charge in [-0.2, -0.15) is 0 Å². The molecule has 35 heavy (non-hydrogen) atoms. The Kier molecular flexibility index (Phi) is 11.0. The van der Waals surface area contributed by atoms with Gasteiger partial charge in [-0.1, -0.05) is 43.2 Å². The molecule has 2 aliphatic rings. The van der Waals surface area contributed by atoms with Crippen LogP contribution in [0.3, 0.4) is 0 Å². The first-order valence-corrected chi connectivity index (χ1v) is 12.0. The largest absolute Gasteiger partial charge is 0.523 e. The molecule has 0 bridgehead atoms. The number of aliphatic carboxylic acids is 1. The Morgan fingerprint density at radius 1 is 1.14 bits per heavy atom. The molecular weight excluding hydrogens is 467 g/mol.